The van der Waals surface area contributed by atoms with Gasteiger partial charge in [-0.1, -0.05) is 18.5 Å². The number of rotatable bonds is 4. The van der Waals surface area contributed by atoms with Gasteiger partial charge in [0.25, 0.3) is 0 Å². The molecule has 1 rings (SSSR count). The Kier molecular flexibility index (Phi) is 3.94. The van der Waals surface area contributed by atoms with Crippen LogP contribution >= 0.6 is 22.9 Å². The molecule has 0 radical (unpaired) electrons. The zero-order chi connectivity index (χ0) is 10.8. The maximum atomic E-state index is 11.7. The van der Waals surface area contributed by atoms with Gasteiger partial charge in [-0.2, -0.15) is 0 Å². The van der Waals surface area contributed by atoms with E-state index in [4.69, 9.17) is 17.3 Å². The van der Waals surface area contributed by atoms with Crippen LogP contribution in [0.15, 0.2) is 16.3 Å². The van der Waals surface area contributed by atoms with Gasteiger partial charge in [-0.3, -0.25) is 0 Å². The number of hydrogen-bond acceptors (Lipinski definition) is 4. The van der Waals surface area contributed by atoms with Crippen molar-refractivity contribution < 1.29 is 8.42 Å². The molecule has 3 nitrogen and oxygen atoms in total. The van der Waals surface area contributed by atoms with Crippen molar-refractivity contribution in [3.05, 3.63) is 16.5 Å². The van der Waals surface area contributed by atoms with Crippen LogP contribution in [0.5, 0.6) is 0 Å². The van der Waals surface area contributed by atoms with Gasteiger partial charge in [0.05, 0.1) is 10.1 Å². The molecule has 2 N–H and O–H groups in total. The summed E-state index contributed by atoms with van der Waals surface area (Å²) in [4.78, 5) is 0. The molecule has 14 heavy (non-hydrogen) atoms. The second-order valence-electron chi connectivity index (χ2n) is 3.18. The maximum Gasteiger partial charge on any atom is 0.188 e. The predicted molar refractivity (Wildman–Crippen MR) is 59.6 cm³/mol. The molecule has 1 heterocycles. The SMILES string of the molecule is CC(CN)CS(=O)(=O)c1ccc(Cl)s1. The molecule has 6 heteroatoms. The quantitative estimate of drug-likeness (QED) is 0.890. The van der Waals surface area contributed by atoms with Gasteiger partial charge in [0.1, 0.15) is 4.21 Å². The van der Waals surface area contributed by atoms with Crippen LogP contribution < -0.4 is 5.73 Å². The fourth-order valence-electron chi connectivity index (χ4n) is 0.990. The van der Waals surface area contributed by atoms with E-state index >= 15 is 0 Å². The third kappa shape index (κ3) is 2.95. The predicted octanol–water partition coefficient (Wildman–Crippen LogP) is 1.77. The lowest BCUT2D eigenvalue weighted by Crippen LogP contribution is -2.20. The molecule has 0 spiro atoms. The molecular formula is C8H12ClNO2S2. The van der Waals surface area contributed by atoms with Gasteiger partial charge in [-0.25, -0.2) is 8.42 Å². The van der Waals surface area contributed by atoms with E-state index < -0.39 is 9.84 Å². The molecule has 0 amide bonds. The average molecular weight is 254 g/mol. The summed E-state index contributed by atoms with van der Waals surface area (Å²) in [5, 5.41) is 0. The van der Waals surface area contributed by atoms with Crippen LogP contribution in [0.2, 0.25) is 4.34 Å². The minimum Gasteiger partial charge on any atom is -0.330 e. The summed E-state index contributed by atoms with van der Waals surface area (Å²) >= 11 is 6.75. The van der Waals surface area contributed by atoms with E-state index in [1.807, 2.05) is 6.92 Å². The van der Waals surface area contributed by atoms with Crippen LogP contribution in [0.4, 0.5) is 0 Å². The topological polar surface area (TPSA) is 60.2 Å². The second-order valence-corrected chi connectivity index (χ2v) is 7.16. The Morgan fingerprint density at radius 3 is 2.64 bits per heavy atom. The minimum absolute atomic E-state index is 0.0270. The summed E-state index contributed by atoms with van der Waals surface area (Å²) in [7, 11) is -3.20. The summed E-state index contributed by atoms with van der Waals surface area (Å²) in [5.41, 5.74) is 5.38. The van der Waals surface area contributed by atoms with E-state index in [9.17, 15) is 8.42 Å². The molecule has 0 aromatic carbocycles. The minimum atomic E-state index is -3.20. The molecule has 0 bridgehead atoms. The molecular weight excluding hydrogens is 242 g/mol. The first-order chi connectivity index (χ1) is 6.45. The molecule has 0 saturated heterocycles. The number of sulfone groups is 1. The lowest BCUT2D eigenvalue weighted by Gasteiger charge is -2.07. The van der Waals surface area contributed by atoms with Crippen molar-refractivity contribution in [2.45, 2.75) is 11.1 Å². The van der Waals surface area contributed by atoms with Crippen LogP contribution in [-0.4, -0.2) is 20.7 Å². The van der Waals surface area contributed by atoms with Gasteiger partial charge in [0, 0.05) is 0 Å². The molecule has 0 saturated carbocycles. The summed E-state index contributed by atoms with van der Waals surface area (Å²) in [6.07, 6.45) is 0. The van der Waals surface area contributed by atoms with Crippen LogP contribution in [0.1, 0.15) is 6.92 Å². The highest BCUT2D eigenvalue weighted by Gasteiger charge is 2.19. The van der Waals surface area contributed by atoms with E-state index in [1.54, 1.807) is 6.07 Å². The smallest absolute Gasteiger partial charge is 0.188 e. The lowest BCUT2D eigenvalue weighted by molar-refractivity contribution is 0.575. The number of hydrogen-bond donors (Lipinski definition) is 1. The van der Waals surface area contributed by atoms with Gasteiger partial charge >= 0.3 is 0 Å². The first-order valence-electron chi connectivity index (χ1n) is 4.14. The zero-order valence-electron chi connectivity index (χ0n) is 7.73. The van der Waals surface area contributed by atoms with E-state index in [2.05, 4.69) is 0 Å². The van der Waals surface area contributed by atoms with Gasteiger partial charge in [0.2, 0.25) is 0 Å². The van der Waals surface area contributed by atoms with E-state index in [0.717, 1.165) is 11.3 Å². The average Bonchev–Trinajstić information content (AvgIpc) is 2.51. The molecule has 1 aromatic heterocycles. The van der Waals surface area contributed by atoms with Crippen molar-refractivity contribution in [3.8, 4) is 0 Å². The molecule has 1 atom stereocenters. The Morgan fingerprint density at radius 1 is 1.57 bits per heavy atom. The molecule has 0 aliphatic carbocycles. The summed E-state index contributed by atoms with van der Waals surface area (Å²) < 4.78 is 24.2. The van der Waals surface area contributed by atoms with Crippen molar-refractivity contribution >= 4 is 32.8 Å². The Balaban J connectivity index is 2.86. The standard InChI is InChI=1S/C8H12ClNO2S2/c1-6(4-10)5-14(11,12)8-3-2-7(9)13-8/h2-3,6H,4-5,10H2,1H3. The summed E-state index contributed by atoms with van der Waals surface area (Å²) in [6, 6.07) is 3.12. The van der Waals surface area contributed by atoms with Crippen LogP contribution in [0.25, 0.3) is 0 Å². The number of nitrogens with two attached hydrogens (primary N) is 1. The molecule has 1 aromatic rings. The van der Waals surface area contributed by atoms with Gasteiger partial charge in [-0.05, 0) is 24.6 Å². The molecule has 0 aliphatic rings. The van der Waals surface area contributed by atoms with Crippen molar-refractivity contribution in [1.29, 1.82) is 0 Å². The van der Waals surface area contributed by atoms with Gasteiger partial charge < -0.3 is 5.73 Å². The molecule has 80 valence electrons. The molecule has 0 aliphatic heterocycles. The highest BCUT2D eigenvalue weighted by atomic mass is 35.5. The van der Waals surface area contributed by atoms with E-state index in [-0.39, 0.29) is 11.7 Å². The molecule has 0 fully saturated rings. The van der Waals surface area contributed by atoms with Crippen molar-refractivity contribution in [2.24, 2.45) is 11.7 Å². The highest BCUT2D eigenvalue weighted by molar-refractivity contribution is 7.93. The Labute approximate surface area is 92.8 Å². The Morgan fingerprint density at radius 2 is 2.21 bits per heavy atom. The number of thiophene rings is 1. The van der Waals surface area contributed by atoms with Gasteiger partial charge in [0.15, 0.2) is 9.84 Å². The Bertz CT molecular complexity index is 399. The largest absolute Gasteiger partial charge is 0.330 e. The third-order valence-corrected chi connectivity index (χ3v) is 5.56. The first-order valence-corrected chi connectivity index (χ1v) is 6.98. The normalized spacial score (nSPS) is 14.2. The zero-order valence-corrected chi connectivity index (χ0v) is 10.1. The number of halogens is 1. The van der Waals surface area contributed by atoms with Crippen molar-refractivity contribution in [3.63, 3.8) is 0 Å². The Hall–Kier alpha value is -0.100. The maximum absolute atomic E-state index is 11.7. The fraction of sp³-hybridized carbons (Fsp3) is 0.500. The fourth-order valence-corrected chi connectivity index (χ4v) is 4.21. The second kappa shape index (κ2) is 4.61. The highest BCUT2D eigenvalue weighted by Crippen LogP contribution is 2.27. The van der Waals surface area contributed by atoms with E-state index in [0.29, 0.717) is 15.1 Å². The molecule has 1 unspecified atom stereocenters. The van der Waals surface area contributed by atoms with Crippen LogP contribution in [0, 0.1) is 5.92 Å². The van der Waals surface area contributed by atoms with Crippen LogP contribution in [-0.2, 0) is 9.84 Å². The van der Waals surface area contributed by atoms with Crippen LogP contribution in [0.3, 0.4) is 0 Å². The van der Waals surface area contributed by atoms with Crippen molar-refractivity contribution in [1.82, 2.24) is 0 Å². The van der Waals surface area contributed by atoms with Crippen molar-refractivity contribution in [2.75, 3.05) is 12.3 Å². The van der Waals surface area contributed by atoms with E-state index in [1.165, 1.54) is 6.07 Å². The summed E-state index contributed by atoms with van der Waals surface area (Å²) in [6.45, 7) is 2.19. The lowest BCUT2D eigenvalue weighted by atomic mass is 10.2. The third-order valence-electron chi connectivity index (χ3n) is 1.76. The first kappa shape index (κ1) is 12.0. The summed E-state index contributed by atoms with van der Waals surface area (Å²) in [5.74, 6) is 0.0567. The van der Waals surface area contributed by atoms with Gasteiger partial charge in [-0.15, -0.1) is 11.3 Å². The monoisotopic (exact) mass is 253 g/mol.